The lowest BCUT2D eigenvalue weighted by molar-refractivity contribution is 0.0789. The van der Waals surface area contributed by atoms with E-state index in [0.29, 0.717) is 50.0 Å². The molecule has 1 amide bonds. The number of rotatable bonds is 8. The molecule has 1 unspecified atom stereocenters. The zero-order valence-electron chi connectivity index (χ0n) is 17.0. The van der Waals surface area contributed by atoms with E-state index in [2.05, 4.69) is 10.1 Å². The molecule has 30 heavy (non-hydrogen) atoms. The largest absolute Gasteiger partial charge is 0.497 e. The predicted octanol–water partition coefficient (Wildman–Crippen LogP) is 3.47. The van der Waals surface area contributed by atoms with E-state index in [1.807, 2.05) is 35.2 Å². The predicted molar refractivity (Wildman–Crippen MR) is 110 cm³/mol. The first kappa shape index (κ1) is 20.1. The van der Waals surface area contributed by atoms with Crippen LogP contribution in [0, 0.1) is 0 Å². The van der Waals surface area contributed by atoms with E-state index in [0.717, 1.165) is 17.7 Å². The Hall–Kier alpha value is -3.19. The summed E-state index contributed by atoms with van der Waals surface area (Å²) in [6.45, 7) is 2.35. The van der Waals surface area contributed by atoms with Crippen molar-refractivity contribution in [2.45, 2.75) is 25.4 Å². The number of benzene rings is 2. The van der Waals surface area contributed by atoms with Crippen LogP contribution in [-0.4, -0.2) is 47.8 Å². The lowest BCUT2D eigenvalue weighted by Crippen LogP contribution is -2.28. The van der Waals surface area contributed by atoms with Gasteiger partial charge in [0.05, 0.1) is 26.2 Å². The average molecular weight is 407 g/mol. The van der Waals surface area contributed by atoms with Crippen molar-refractivity contribution in [1.29, 1.82) is 0 Å². The van der Waals surface area contributed by atoms with E-state index in [9.17, 15) is 4.79 Å². The summed E-state index contributed by atoms with van der Waals surface area (Å²) < 4.78 is 16.3. The van der Waals surface area contributed by atoms with Gasteiger partial charge in [0.25, 0.3) is 5.91 Å². The van der Waals surface area contributed by atoms with E-state index in [1.54, 1.807) is 31.4 Å². The average Bonchev–Trinajstić information content (AvgIpc) is 3.47. The van der Waals surface area contributed by atoms with Gasteiger partial charge in [-0.05, 0) is 36.2 Å². The Labute approximate surface area is 175 Å². The lowest BCUT2D eigenvalue weighted by Gasteiger charge is -2.16. The summed E-state index contributed by atoms with van der Waals surface area (Å²) >= 11 is 0. The van der Waals surface area contributed by atoms with Gasteiger partial charge in [-0.3, -0.25) is 4.79 Å². The van der Waals surface area contributed by atoms with Gasteiger partial charge in [0.1, 0.15) is 5.75 Å². The molecule has 7 nitrogen and oxygen atoms in total. The highest BCUT2D eigenvalue weighted by atomic mass is 16.5. The first-order valence-corrected chi connectivity index (χ1v) is 10.1. The number of methoxy groups -OCH3 is 1. The van der Waals surface area contributed by atoms with Gasteiger partial charge in [-0.25, -0.2) is 0 Å². The Kier molecular flexibility index (Phi) is 6.39. The molecule has 0 spiro atoms. The molecule has 4 rings (SSSR count). The topological polar surface area (TPSA) is 77.7 Å². The highest BCUT2D eigenvalue weighted by Gasteiger charge is 2.31. The maximum Gasteiger partial charge on any atom is 0.253 e. The molecule has 3 aromatic rings. The number of ether oxygens (including phenoxy) is 2. The highest BCUT2D eigenvalue weighted by Crippen LogP contribution is 2.27. The van der Waals surface area contributed by atoms with Gasteiger partial charge in [0.15, 0.2) is 5.82 Å². The molecule has 0 aliphatic carbocycles. The van der Waals surface area contributed by atoms with Crippen molar-refractivity contribution in [3.63, 3.8) is 0 Å². The smallest absolute Gasteiger partial charge is 0.253 e. The number of hydrogen-bond acceptors (Lipinski definition) is 6. The van der Waals surface area contributed by atoms with Crippen LogP contribution in [0.25, 0.3) is 0 Å². The number of nitrogens with zero attached hydrogens (tertiary/aromatic N) is 3. The first-order chi connectivity index (χ1) is 14.7. The van der Waals surface area contributed by atoms with Crippen LogP contribution in [-0.2, 0) is 17.8 Å². The van der Waals surface area contributed by atoms with Crippen LogP contribution in [0.1, 0.15) is 40.0 Å². The van der Waals surface area contributed by atoms with Gasteiger partial charge in [-0.15, -0.1) is 0 Å². The van der Waals surface area contributed by atoms with Crippen molar-refractivity contribution < 1.29 is 18.8 Å². The quantitative estimate of drug-likeness (QED) is 0.532. The molecular weight excluding hydrogens is 382 g/mol. The van der Waals surface area contributed by atoms with Crippen LogP contribution in [0.5, 0.6) is 5.75 Å². The number of likely N-dealkylation sites (tertiary alicyclic amines) is 1. The van der Waals surface area contributed by atoms with Crippen molar-refractivity contribution >= 4 is 5.91 Å². The van der Waals surface area contributed by atoms with Gasteiger partial charge >= 0.3 is 0 Å². The molecule has 0 radical (unpaired) electrons. The third-order valence-electron chi connectivity index (χ3n) is 5.23. The molecule has 0 saturated carbocycles. The molecule has 1 aliphatic heterocycles. The van der Waals surface area contributed by atoms with Crippen molar-refractivity contribution in [1.82, 2.24) is 15.0 Å². The maximum atomic E-state index is 12.7. The zero-order chi connectivity index (χ0) is 20.8. The van der Waals surface area contributed by atoms with Gasteiger partial charge in [0.2, 0.25) is 5.89 Å². The molecule has 7 heteroatoms. The molecule has 1 saturated heterocycles. The Bertz CT molecular complexity index is 956. The summed E-state index contributed by atoms with van der Waals surface area (Å²) in [5.74, 6) is 2.04. The van der Waals surface area contributed by atoms with Crippen LogP contribution in [0.4, 0.5) is 0 Å². The number of aromatic nitrogens is 2. The molecule has 156 valence electrons. The number of carbonyl (C=O) groups is 1. The van der Waals surface area contributed by atoms with Gasteiger partial charge in [-0.1, -0.05) is 35.5 Å². The molecule has 1 aliphatic rings. The number of hydrogen-bond donors (Lipinski definition) is 0. The summed E-state index contributed by atoms with van der Waals surface area (Å²) in [5.41, 5.74) is 1.79. The van der Waals surface area contributed by atoms with Crippen molar-refractivity contribution in [2.75, 3.05) is 26.8 Å². The van der Waals surface area contributed by atoms with E-state index in [1.165, 1.54) is 0 Å². The van der Waals surface area contributed by atoms with Crippen LogP contribution < -0.4 is 4.74 Å². The van der Waals surface area contributed by atoms with Crippen molar-refractivity contribution in [2.24, 2.45) is 0 Å². The standard InChI is InChI=1S/C23H25N3O4/c1-28-20-9-7-18(8-10-20)23(27)26-13-11-19(15-26)22-24-21(25-30-22)12-14-29-16-17-5-3-2-4-6-17/h2-10,19H,11-16H2,1H3. The van der Waals surface area contributed by atoms with E-state index in [-0.39, 0.29) is 11.8 Å². The fourth-order valence-electron chi connectivity index (χ4n) is 3.53. The third kappa shape index (κ3) is 4.86. The maximum absolute atomic E-state index is 12.7. The molecule has 0 bridgehead atoms. The van der Waals surface area contributed by atoms with E-state index < -0.39 is 0 Å². The van der Waals surface area contributed by atoms with E-state index >= 15 is 0 Å². The number of amides is 1. The molecule has 1 fully saturated rings. The van der Waals surface area contributed by atoms with Crippen LogP contribution in [0.2, 0.25) is 0 Å². The summed E-state index contributed by atoms with van der Waals surface area (Å²) in [6.07, 6.45) is 1.41. The summed E-state index contributed by atoms with van der Waals surface area (Å²) in [5, 5.41) is 4.07. The normalized spacial score (nSPS) is 16.0. The highest BCUT2D eigenvalue weighted by molar-refractivity contribution is 5.94. The second-order valence-corrected chi connectivity index (χ2v) is 7.30. The Balaban J connectivity index is 1.26. The van der Waals surface area contributed by atoms with Gasteiger partial charge in [-0.2, -0.15) is 4.98 Å². The minimum absolute atomic E-state index is 0.00852. The van der Waals surface area contributed by atoms with Crippen molar-refractivity contribution in [3.8, 4) is 5.75 Å². The number of carbonyl (C=O) groups excluding carboxylic acids is 1. The Morgan fingerprint density at radius 3 is 2.73 bits per heavy atom. The third-order valence-corrected chi connectivity index (χ3v) is 5.23. The minimum atomic E-state index is 0.00852. The summed E-state index contributed by atoms with van der Waals surface area (Å²) in [4.78, 5) is 19.1. The monoisotopic (exact) mass is 407 g/mol. The molecule has 2 aromatic carbocycles. The van der Waals surface area contributed by atoms with Gasteiger partial charge in [0, 0.05) is 25.1 Å². The van der Waals surface area contributed by atoms with Crippen LogP contribution in [0.3, 0.4) is 0 Å². The van der Waals surface area contributed by atoms with E-state index in [4.69, 9.17) is 14.0 Å². The Morgan fingerprint density at radius 2 is 1.97 bits per heavy atom. The fraction of sp³-hybridized carbons (Fsp3) is 0.348. The molecule has 2 heterocycles. The lowest BCUT2D eigenvalue weighted by atomic mass is 10.1. The fourth-order valence-corrected chi connectivity index (χ4v) is 3.53. The molecule has 0 N–H and O–H groups in total. The second-order valence-electron chi connectivity index (χ2n) is 7.30. The molecular formula is C23H25N3O4. The van der Waals surface area contributed by atoms with Crippen LogP contribution in [0.15, 0.2) is 59.1 Å². The second kappa shape index (κ2) is 9.54. The zero-order valence-corrected chi connectivity index (χ0v) is 17.0. The molecule has 1 atom stereocenters. The minimum Gasteiger partial charge on any atom is -0.497 e. The van der Waals surface area contributed by atoms with Gasteiger partial charge < -0.3 is 18.9 Å². The van der Waals surface area contributed by atoms with Crippen LogP contribution >= 0.6 is 0 Å². The van der Waals surface area contributed by atoms with Crippen molar-refractivity contribution in [3.05, 3.63) is 77.4 Å². The summed E-state index contributed by atoms with van der Waals surface area (Å²) in [7, 11) is 1.61. The SMILES string of the molecule is COc1ccc(C(=O)N2CCC(c3nc(CCOCc4ccccc4)no3)C2)cc1. The summed E-state index contributed by atoms with van der Waals surface area (Å²) in [6, 6.07) is 17.2. The Morgan fingerprint density at radius 1 is 1.17 bits per heavy atom. The molecule has 1 aromatic heterocycles. The first-order valence-electron chi connectivity index (χ1n) is 10.1.